The van der Waals surface area contributed by atoms with Crippen LogP contribution in [0.3, 0.4) is 0 Å². The van der Waals surface area contributed by atoms with Gasteiger partial charge in [0.2, 0.25) is 0 Å². The average Bonchev–Trinajstić information content (AvgIpc) is 3.24. The summed E-state index contributed by atoms with van der Waals surface area (Å²) in [6.07, 6.45) is 3.50. The second-order valence-corrected chi connectivity index (χ2v) is 6.78. The monoisotopic (exact) mass is 336 g/mol. The van der Waals surface area contributed by atoms with Crippen molar-refractivity contribution in [2.75, 3.05) is 11.9 Å². The molecule has 0 fully saturated rings. The minimum atomic E-state index is -0.134. The van der Waals surface area contributed by atoms with E-state index in [9.17, 15) is 4.79 Å². The van der Waals surface area contributed by atoms with E-state index in [1.807, 2.05) is 36.5 Å². The van der Waals surface area contributed by atoms with Crippen LogP contribution in [0.4, 0.5) is 5.13 Å². The number of fused-ring (bicyclic) bond motifs is 1. The number of thiazole rings is 1. The molecule has 2 heterocycles. The van der Waals surface area contributed by atoms with Crippen LogP contribution in [0.25, 0.3) is 0 Å². The molecule has 2 aromatic carbocycles. The maximum atomic E-state index is 12.4. The minimum absolute atomic E-state index is 0.134. The van der Waals surface area contributed by atoms with Crippen LogP contribution in [0.1, 0.15) is 26.4 Å². The number of hydrogen-bond acceptors (Lipinski definition) is 4. The second kappa shape index (κ2) is 6.45. The molecule has 4 nitrogen and oxygen atoms in total. The first-order chi connectivity index (χ1) is 11.8. The molecule has 4 rings (SSSR count). The van der Waals surface area contributed by atoms with Crippen LogP contribution in [0, 0.1) is 0 Å². The summed E-state index contributed by atoms with van der Waals surface area (Å²) in [7, 11) is 0. The molecule has 0 unspecified atom stereocenters. The van der Waals surface area contributed by atoms with Crippen LogP contribution in [-0.4, -0.2) is 17.5 Å². The van der Waals surface area contributed by atoms with Crippen molar-refractivity contribution >= 4 is 22.4 Å². The van der Waals surface area contributed by atoms with Crippen molar-refractivity contribution < 1.29 is 9.53 Å². The number of rotatable bonds is 4. The van der Waals surface area contributed by atoms with Gasteiger partial charge in [-0.2, -0.15) is 0 Å². The molecule has 0 bridgehead atoms. The Morgan fingerprint density at radius 2 is 2.08 bits per heavy atom. The van der Waals surface area contributed by atoms with Crippen molar-refractivity contribution in [1.29, 1.82) is 0 Å². The Labute approximate surface area is 144 Å². The molecule has 1 amide bonds. The quantitative estimate of drug-likeness (QED) is 0.785. The third kappa shape index (κ3) is 3.16. The third-order valence-corrected chi connectivity index (χ3v) is 4.86. The van der Waals surface area contributed by atoms with Gasteiger partial charge in [-0.25, -0.2) is 4.98 Å². The standard InChI is InChI=1S/C19H16N2O2S/c22-18(15-6-7-17-14(11-15)8-9-23-17)21-19-20-12-16(24-19)10-13-4-2-1-3-5-13/h1-7,11-12H,8-10H2,(H,20,21,22). The second-order valence-electron chi connectivity index (χ2n) is 5.67. The number of amides is 1. The number of ether oxygens (including phenoxy) is 1. The lowest BCUT2D eigenvalue weighted by Gasteiger charge is -2.04. The molecular weight excluding hydrogens is 320 g/mol. The Balaban J connectivity index is 1.45. The lowest BCUT2D eigenvalue weighted by molar-refractivity contribution is 0.102. The van der Waals surface area contributed by atoms with Crippen LogP contribution in [0.2, 0.25) is 0 Å². The molecule has 0 saturated heterocycles. The fourth-order valence-electron chi connectivity index (χ4n) is 2.74. The lowest BCUT2D eigenvalue weighted by atomic mass is 10.1. The van der Waals surface area contributed by atoms with E-state index in [2.05, 4.69) is 22.4 Å². The van der Waals surface area contributed by atoms with Gasteiger partial charge in [-0.1, -0.05) is 30.3 Å². The predicted molar refractivity (Wildman–Crippen MR) is 95.0 cm³/mol. The largest absolute Gasteiger partial charge is 0.493 e. The zero-order chi connectivity index (χ0) is 16.4. The Morgan fingerprint density at radius 1 is 1.21 bits per heavy atom. The van der Waals surface area contributed by atoms with E-state index >= 15 is 0 Å². The maximum absolute atomic E-state index is 12.4. The van der Waals surface area contributed by atoms with E-state index in [0.717, 1.165) is 29.0 Å². The van der Waals surface area contributed by atoms with Crippen molar-refractivity contribution in [1.82, 2.24) is 4.98 Å². The minimum Gasteiger partial charge on any atom is -0.493 e. The van der Waals surface area contributed by atoms with Gasteiger partial charge in [0, 0.05) is 29.5 Å². The number of nitrogens with one attached hydrogen (secondary N) is 1. The van der Waals surface area contributed by atoms with E-state index in [1.54, 1.807) is 6.07 Å². The molecule has 24 heavy (non-hydrogen) atoms. The average molecular weight is 336 g/mol. The van der Waals surface area contributed by atoms with Gasteiger partial charge in [-0.3, -0.25) is 10.1 Å². The Kier molecular flexibility index (Phi) is 4.01. The number of anilines is 1. The number of carbonyl (C=O) groups is 1. The van der Waals surface area contributed by atoms with E-state index in [1.165, 1.54) is 16.9 Å². The van der Waals surface area contributed by atoms with Gasteiger partial charge < -0.3 is 4.74 Å². The van der Waals surface area contributed by atoms with E-state index < -0.39 is 0 Å². The number of nitrogens with zero attached hydrogens (tertiary/aromatic N) is 1. The molecule has 1 N–H and O–H groups in total. The summed E-state index contributed by atoms with van der Waals surface area (Å²) in [5, 5.41) is 3.51. The zero-order valence-corrected chi connectivity index (χ0v) is 13.8. The number of benzene rings is 2. The molecule has 0 spiro atoms. The van der Waals surface area contributed by atoms with Gasteiger partial charge >= 0.3 is 0 Å². The summed E-state index contributed by atoms with van der Waals surface area (Å²) in [4.78, 5) is 17.8. The van der Waals surface area contributed by atoms with Crippen LogP contribution >= 0.6 is 11.3 Å². The van der Waals surface area contributed by atoms with Gasteiger partial charge in [-0.05, 0) is 29.3 Å². The Morgan fingerprint density at radius 3 is 2.96 bits per heavy atom. The fourth-order valence-corrected chi connectivity index (χ4v) is 3.58. The molecule has 1 aliphatic heterocycles. The SMILES string of the molecule is O=C(Nc1ncc(Cc2ccccc2)s1)c1ccc2c(c1)CCO2. The molecular formula is C19H16N2O2S. The van der Waals surface area contributed by atoms with Crippen LogP contribution in [0.15, 0.2) is 54.7 Å². The molecule has 120 valence electrons. The fraction of sp³-hybridized carbons (Fsp3) is 0.158. The first-order valence-corrected chi connectivity index (χ1v) is 8.65. The first kappa shape index (κ1) is 14.9. The highest BCUT2D eigenvalue weighted by Crippen LogP contribution is 2.27. The zero-order valence-electron chi connectivity index (χ0n) is 13.0. The van der Waals surface area contributed by atoms with Crippen LogP contribution < -0.4 is 10.1 Å². The highest BCUT2D eigenvalue weighted by atomic mass is 32.1. The van der Waals surface area contributed by atoms with Crippen molar-refractivity contribution in [2.24, 2.45) is 0 Å². The van der Waals surface area contributed by atoms with Gasteiger partial charge in [0.25, 0.3) is 5.91 Å². The predicted octanol–water partition coefficient (Wildman–Crippen LogP) is 3.92. The van der Waals surface area contributed by atoms with Crippen LogP contribution in [-0.2, 0) is 12.8 Å². The Hall–Kier alpha value is -2.66. The smallest absolute Gasteiger partial charge is 0.257 e. The number of hydrogen-bond donors (Lipinski definition) is 1. The summed E-state index contributed by atoms with van der Waals surface area (Å²) < 4.78 is 5.47. The van der Waals surface area contributed by atoms with E-state index in [4.69, 9.17) is 4.74 Å². The lowest BCUT2D eigenvalue weighted by Crippen LogP contribution is -2.11. The number of carbonyl (C=O) groups excluding carboxylic acids is 1. The highest BCUT2D eigenvalue weighted by molar-refractivity contribution is 7.15. The molecule has 5 heteroatoms. The van der Waals surface area contributed by atoms with Crippen LogP contribution in [0.5, 0.6) is 5.75 Å². The first-order valence-electron chi connectivity index (χ1n) is 7.84. The van der Waals surface area contributed by atoms with E-state index in [0.29, 0.717) is 17.3 Å². The molecule has 1 aromatic heterocycles. The molecule has 3 aromatic rings. The van der Waals surface area contributed by atoms with Crippen molar-refractivity contribution in [3.63, 3.8) is 0 Å². The summed E-state index contributed by atoms with van der Waals surface area (Å²) in [6.45, 7) is 0.690. The van der Waals surface area contributed by atoms with Gasteiger partial charge in [0.05, 0.1) is 6.61 Å². The van der Waals surface area contributed by atoms with E-state index in [-0.39, 0.29) is 5.91 Å². The van der Waals surface area contributed by atoms with Crippen molar-refractivity contribution in [2.45, 2.75) is 12.8 Å². The molecule has 1 aliphatic rings. The summed E-state index contributed by atoms with van der Waals surface area (Å²) in [5.41, 5.74) is 2.96. The highest BCUT2D eigenvalue weighted by Gasteiger charge is 2.16. The normalized spacial score (nSPS) is 12.5. The van der Waals surface area contributed by atoms with Crippen molar-refractivity contribution in [3.8, 4) is 5.75 Å². The van der Waals surface area contributed by atoms with Gasteiger partial charge in [0.1, 0.15) is 5.75 Å². The van der Waals surface area contributed by atoms with Gasteiger partial charge in [-0.15, -0.1) is 11.3 Å². The topological polar surface area (TPSA) is 51.2 Å². The Bertz CT molecular complexity index is 874. The number of aromatic nitrogens is 1. The molecule has 0 radical (unpaired) electrons. The summed E-state index contributed by atoms with van der Waals surface area (Å²) >= 11 is 1.51. The molecule has 0 saturated carbocycles. The van der Waals surface area contributed by atoms with Gasteiger partial charge in [0.15, 0.2) is 5.13 Å². The maximum Gasteiger partial charge on any atom is 0.257 e. The molecule has 0 aliphatic carbocycles. The molecule has 0 atom stereocenters. The van der Waals surface area contributed by atoms with Crippen molar-refractivity contribution in [3.05, 3.63) is 76.3 Å². The summed E-state index contributed by atoms with van der Waals surface area (Å²) in [6, 6.07) is 15.8. The third-order valence-electron chi connectivity index (χ3n) is 3.95. The summed E-state index contributed by atoms with van der Waals surface area (Å²) in [5.74, 6) is 0.747.